The number of methoxy groups -OCH3 is 1. The van der Waals surface area contributed by atoms with Gasteiger partial charge in [-0.25, -0.2) is 4.79 Å². The lowest BCUT2D eigenvalue weighted by Crippen LogP contribution is -2.70. The Kier molecular flexibility index (Phi) is 5.66. The first-order chi connectivity index (χ1) is 12.0. The molecular weight excluding hydrogens is 332 g/mol. The Labute approximate surface area is 155 Å². The normalized spacial score (nSPS) is 20.1. The number of carbonyl (C=O) groups is 2. The van der Waals surface area contributed by atoms with Crippen molar-refractivity contribution in [1.82, 2.24) is 10.6 Å². The molecule has 0 aliphatic carbocycles. The summed E-state index contributed by atoms with van der Waals surface area (Å²) >= 11 is 0. The fourth-order valence-corrected chi connectivity index (χ4v) is 4.21. The van der Waals surface area contributed by atoms with Crippen LogP contribution >= 0.6 is 0 Å². The van der Waals surface area contributed by atoms with Gasteiger partial charge in [-0.2, -0.15) is 0 Å². The number of rotatable bonds is 5. The Hall–Kier alpha value is -2.08. The summed E-state index contributed by atoms with van der Waals surface area (Å²) in [6, 6.07) is 7.36. The number of ether oxygens (including phenoxy) is 2. The van der Waals surface area contributed by atoms with Gasteiger partial charge in [-0.1, -0.05) is 12.1 Å². The lowest BCUT2D eigenvalue weighted by Gasteiger charge is -2.51. The Balaban J connectivity index is 2.19. The first-order valence-corrected chi connectivity index (χ1v) is 8.85. The van der Waals surface area contributed by atoms with Gasteiger partial charge in [0.05, 0.1) is 7.11 Å². The monoisotopic (exact) mass is 362 g/mol. The third-order valence-corrected chi connectivity index (χ3v) is 4.50. The molecule has 26 heavy (non-hydrogen) atoms. The second-order valence-corrected chi connectivity index (χ2v) is 8.43. The summed E-state index contributed by atoms with van der Waals surface area (Å²) in [5.41, 5.74) is -0.812. The van der Waals surface area contributed by atoms with Gasteiger partial charge in [0.1, 0.15) is 17.9 Å². The number of carbonyl (C=O) groups excluding carboxylic acids is 2. The van der Waals surface area contributed by atoms with Crippen LogP contribution < -0.4 is 15.4 Å². The molecule has 0 bridgehead atoms. The molecule has 0 spiro atoms. The first-order valence-electron chi connectivity index (χ1n) is 8.85. The van der Waals surface area contributed by atoms with Gasteiger partial charge in [0.2, 0.25) is 5.91 Å². The highest BCUT2D eigenvalue weighted by molar-refractivity contribution is 5.87. The van der Waals surface area contributed by atoms with Crippen molar-refractivity contribution in [2.24, 2.45) is 0 Å². The average molecular weight is 362 g/mol. The molecule has 0 atom stereocenters. The van der Waals surface area contributed by atoms with E-state index < -0.39 is 11.5 Å². The molecule has 2 N–H and O–H groups in total. The standard InChI is InChI=1S/C20H30N2O4/c1-14(23)21-20(12-18(2,3)22-19(4,5)13-20)17(24)26-11-15-7-9-16(25-6)10-8-15/h7-10,22H,11-13H2,1-6H3,(H,21,23). The molecule has 0 radical (unpaired) electrons. The minimum absolute atomic E-state index is 0.151. The molecule has 1 aromatic rings. The van der Waals surface area contributed by atoms with Crippen LogP contribution in [0.1, 0.15) is 53.0 Å². The summed E-state index contributed by atoms with van der Waals surface area (Å²) in [4.78, 5) is 24.9. The summed E-state index contributed by atoms with van der Waals surface area (Å²) in [7, 11) is 1.60. The van der Waals surface area contributed by atoms with Crippen molar-refractivity contribution < 1.29 is 19.1 Å². The molecule has 6 heteroatoms. The van der Waals surface area contributed by atoms with Crippen molar-refractivity contribution in [3.63, 3.8) is 0 Å². The Bertz CT molecular complexity index is 649. The van der Waals surface area contributed by atoms with Crippen LogP contribution in [-0.4, -0.2) is 35.6 Å². The second-order valence-electron chi connectivity index (χ2n) is 8.43. The Morgan fingerprint density at radius 2 is 1.62 bits per heavy atom. The van der Waals surface area contributed by atoms with Gasteiger partial charge in [0.25, 0.3) is 0 Å². The van der Waals surface area contributed by atoms with E-state index in [2.05, 4.69) is 10.6 Å². The molecule has 1 amide bonds. The second kappa shape index (κ2) is 7.27. The highest BCUT2D eigenvalue weighted by Crippen LogP contribution is 2.37. The van der Waals surface area contributed by atoms with Gasteiger partial charge in [-0.05, 0) is 58.2 Å². The molecule has 1 saturated heterocycles. The van der Waals surface area contributed by atoms with E-state index in [0.29, 0.717) is 12.8 Å². The zero-order valence-electron chi connectivity index (χ0n) is 16.6. The number of nitrogens with one attached hydrogen (secondary N) is 2. The predicted molar refractivity (Wildman–Crippen MR) is 99.9 cm³/mol. The fraction of sp³-hybridized carbons (Fsp3) is 0.600. The number of piperidine rings is 1. The summed E-state index contributed by atoms with van der Waals surface area (Å²) < 4.78 is 10.7. The highest BCUT2D eigenvalue weighted by Gasteiger charge is 2.53. The fourth-order valence-electron chi connectivity index (χ4n) is 4.21. The van der Waals surface area contributed by atoms with Gasteiger partial charge >= 0.3 is 5.97 Å². The van der Waals surface area contributed by atoms with Crippen LogP contribution in [0.4, 0.5) is 0 Å². The van der Waals surface area contributed by atoms with E-state index >= 15 is 0 Å². The van der Waals surface area contributed by atoms with E-state index in [1.54, 1.807) is 7.11 Å². The van der Waals surface area contributed by atoms with Crippen molar-refractivity contribution in [2.75, 3.05) is 7.11 Å². The van der Waals surface area contributed by atoms with Crippen molar-refractivity contribution in [2.45, 2.75) is 70.7 Å². The number of hydrogen-bond donors (Lipinski definition) is 2. The maximum absolute atomic E-state index is 13.0. The Morgan fingerprint density at radius 3 is 2.08 bits per heavy atom. The molecule has 0 saturated carbocycles. The van der Waals surface area contributed by atoms with Crippen molar-refractivity contribution >= 4 is 11.9 Å². The molecule has 1 aliphatic heterocycles. The van der Waals surface area contributed by atoms with E-state index in [0.717, 1.165) is 11.3 Å². The molecule has 1 heterocycles. The molecule has 6 nitrogen and oxygen atoms in total. The molecular formula is C20H30N2O4. The third-order valence-electron chi connectivity index (χ3n) is 4.50. The minimum atomic E-state index is -1.05. The summed E-state index contributed by atoms with van der Waals surface area (Å²) in [5.74, 6) is 0.114. The van der Waals surface area contributed by atoms with Crippen molar-refractivity contribution in [3.05, 3.63) is 29.8 Å². The van der Waals surface area contributed by atoms with Gasteiger partial charge in [-0.15, -0.1) is 0 Å². The van der Waals surface area contributed by atoms with Gasteiger partial charge in [0.15, 0.2) is 0 Å². The van der Waals surface area contributed by atoms with Crippen molar-refractivity contribution in [3.8, 4) is 5.75 Å². The zero-order valence-corrected chi connectivity index (χ0v) is 16.6. The SMILES string of the molecule is COc1ccc(COC(=O)C2(NC(C)=O)CC(C)(C)NC(C)(C)C2)cc1. The van der Waals surface area contributed by atoms with E-state index in [1.807, 2.05) is 52.0 Å². The smallest absolute Gasteiger partial charge is 0.332 e. The van der Waals surface area contributed by atoms with E-state index in [1.165, 1.54) is 6.92 Å². The summed E-state index contributed by atoms with van der Waals surface area (Å²) in [5, 5.41) is 6.42. The molecule has 144 valence electrons. The third kappa shape index (κ3) is 4.97. The van der Waals surface area contributed by atoms with Crippen LogP contribution in [0, 0.1) is 0 Å². The van der Waals surface area contributed by atoms with Crippen LogP contribution in [0.3, 0.4) is 0 Å². The largest absolute Gasteiger partial charge is 0.497 e. The zero-order chi connectivity index (χ0) is 19.6. The number of esters is 1. The molecule has 2 rings (SSSR count). The summed E-state index contributed by atoms with van der Waals surface area (Å²) in [6.45, 7) is 9.70. The van der Waals surface area contributed by atoms with Gasteiger partial charge in [-0.3, -0.25) is 4.79 Å². The van der Waals surface area contributed by atoms with E-state index in [9.17, 15) is 9.59 Å². The highest BCUT2D eigenvalue weighted by atomic mass is 16.5. The predicted octanol–water partition coefficient (Wildman–Crippen LogP) is 2.55. The van der Waals surface area contributed by atoms with E-state index in [-0.39, 0.29) is 23.6 Å². The average Bonchev–Trinajstić information content (AvgIpc) is 2.49. The van der Waals surface area contributed by atoms with Gasteiger partial charge < -0.3 is 20.1 Å². The minimum Gasteiger partial charge on any atom is -0.497 e. The van der Waals surface area contributed by atoms with Crippen LogP contribution in [0.2, 0.25) is 0 Å². The topological polar surface area (TPSA) is 76.7 Å². The quantitative estimate of drug-likeness (QED) is 0.787. The maximum Gasteiger partial charge on any atom is 0.332 e. The lowest BCUT2D eigenvalue weighted by atomic mass is 9.70. The van der Waals surface area contributed by atoms with E-state index in [4.69, 9.17) is 9.47 Å². The molecule has 1 fully saturated rings. The van der Waals surface area contributed by atoms with Crippen LogP contribution in [0.5, 0.6) is 5.75 Å². The molecule has 0 unspecified atom stereocenters. The molecule has 1 aromatic carbocycles. The van der Waals surface area contributed by atoms with Crippen molar-refractivity contribution in [1.29, 1.82) is 0 Å². The van der Waals surface area contributed by atoms with Crippen LogP contribution in [0.15, 0.2) is 24.3 Å². The number of benzene rings is 1. The lowest BCUT2D eigenvalue weighted by molar-refractivity contribution is -0.159. The maximum atomic E-state index is 13.0. The summed E-state index contributed by atoms with van der Waals surface area (Å²) in [6.07, 6.45) is 0.926. The number of hydrogen-bond acceptors (Lipinski definition) is 5. The van der Waals surface area contributed by atoms with Crippen LogP contribution in [-0.2, 0) is 20.9 Å². The number of amides is 1. The molecule has 0 aromatic heterocycles. The van der Waals surface area contributed by atoms with Gasteiger partial charge in [0, 0.05) is 18.0 Å². The Morgan fingerprint density at radius 1 is 1.08 bits per heavy atom. The first kappa shape index (κ1) is 20.2. The van der Waals surface area contributed by atoms with Crippen LogP contribution in [0.25, 0.3) is 0 Å². The molecule has 1 aliphatic rings.